The normalized spacial score (nSPS) is 12.3. The van der Waals surface area contributed by atoms with Crippen LogP contribution in [-0.2, 0) is 6.54 Å². The molecule has 0 aliphatic carbocycles. The van der Waals surface area contributed by atoms with Gasteiger partial charge in [-0.2, -0.15) is 0 Å². The number of ether oxygens (including phenoxy) is 1. The molecule has 0 aliphatic rings. The molecule has 0 saturated carbocycles. The molecule has 1 aromatic heterocycles. The molecule has 0 bridgehead atoms. The first-order valence-electron chi connectivity index (χ1n) is 6.70. The molecule has 2 N–H and O–H groups in total. The average molecular weight is 292 g/mol. The van der Waals surface area contributed by atoms with Gasteiger partial charge in [0.1, 0.15) is 5.01 Å². The predicted molar refractivity (Wildman–Crippen MR) is 81.4 cm³/mol. The van der Waals surface area contributed by atoms with Gasteiger partial charge in [-0.1, -0.05) is 6.07 Å². The molecule has 1 atom stereocenters. The van der Waals surface area contributed by atoms with E-state index >= 15 is 0 Å². The second-order valence-electron chi connectivity index (χ2n) is 4.65. The van der Waals surface area contributed by atoms with Gasteiger partial charge in [0.25, 0.3) is 0 Å². The number of nitrogens with one attached hydrogen (secondary N) is 1. The second-order valence-corrected chi connectivity index (χ2v) is 5.91. The summed E-state index contributed by atoms with van der Waals surface area (Å²) < 4.78 is 5.38. The highest BCUT2D eigenvalue weighted by Crippen LogP contribution is 2.27. The van der Waals surface area contributed by atoms with Crippen molar-refractivity contribution in [2.75, 3.05) is 6.61 Å². The second kappa shape index (κ2) is 6.72. The first-order chi connectivity index (χ1) is 9.60. The smallest absolute Gasteiger partial charge is 0.161 e. The first kappa shape index (κ1) is 14.8. The van der Waals surface area contributed by atoms with Crippen molar-refractivity contribution in [3.05, 3.63) is 39.8 Å². The first-order valence-corrected chi connectivity index (χ1v) is 7.52. The van der Waals surface area contributed by atoms with Crippen LogP contribution in [0.1, 0.15) is 35.3 Å². The van der Waals surface area contributed by atoms with Crippen molar-refractivity contribution in [3.8, 4) is 11.5 Å². The van der Waals surface area contributed by atoms with Crippen LogP contribution in [-0.4, -0.2) is 16.7 Å². The van der Waals surface area contributed by atoms with Gasteiger partial charge >= 0.3 is 0 Å². The summed E-state index contributed by atoms with van der Waals surface area (Å²) >= 11 is 1.71. The lowest BCUT2D eigenvalue weighted by atomic mass is 10.2. The topological polar surface area (TPSA) is 54.4 Å². The van der Waals surface area contributed by atoms with Crippen molar-refractivity contribution in [2.45, 2.75) is 33.4 Å². The Balaban J connectivity index is 1.98. The van der Waals surface area contributed by atoms with E-state index in [2.05, 4.69) is 24.1 Å². The molecule has 0 radical (unpaired) electrons. The summed E-state index contributed by atoms with van der Waals surface area (Å²) in [6.45, 7) is 7.31. The lowest BCUT2D eigenvalue weighted by Crippen LogP contribution is -2.17. The van der Waals surface area contributed by atoms with E-state index < -0.39 is 0 Å². The van der Waals surface area contributed by atoms with Gasteiger partial charge in [0.15, 0.2) is 11.5 Å². The summed E-state index contributed by atoms with van der Waals surface area (Å²) in [6, 6.07) is 5.63. The Morgan fingerprint density at radius 3 is 2.90 bits per heavy atom. The number of thiazole rings is 1. The quantitative estimate of drug-likeness (QED) is 0.856. The number of aromatic nitrogens is 1. The monoisotopic (exact) mass is 292 g/mol. The van der Waals surface area contributed by atoms with E-state index in [1.807, 2.05) is 25.3 Å². The van der Waals surface area contributed by atoms with Crippen LogP contribution in [0.4, 0.5) is 0 Å². The number of phenolic OH excluding ortho intramolecular Hbond substituents is 1. The maximum Gasteiger partial charge on any atom is 0.161 e. The maximum atomic E-state index is 9.67. The lowest BCUT2D eigenvalue weighted by molar-refractivity contribution is 0.317. The highest BCUT2D eigenvalue weighted by molar-refractivity contribution is 7.11. The van der Waals surface area contributed by atoms with Crippen LogP contribution in [0.15, 0.2) is 24.4 Å². The molecule has 1 aromatic carbocycles. The average Bonchev–Trinajstić information content (AvgIpc) is 2.86. The predicted octanol–water partition coefficient (Wildman–Crippen LogP) is 3.41. The molecule has 4 nitrogen and oxygen atoms in total. The summed E-state index contributed by atoms with van der Waals surface area (Å²) in [5.74, 6) is 0.712. The molecule has 0 aliphatic heterocycles. The summed E-state index contributed by atoms with van der Waals surface area (Å²) in [7, 11) is 0. The zero-order valence-electron chi connectivity index (χ0n) is 12.0. The minimum absolute atomic E-state index is 0.180. The van der Waals surface area contributed by atoms with Crippen molar-refractivity contribution in [3.63, 3.8) is 0 Å². The Bertz CT molecular complexity index is 569. The molecule has 0 spiro atoms. The largest absolute Gasteiger partial charge is 0.504 e. The van der Waals surface area contributed by atoms with Crippen molar-refractivity contribution in [1.82, 2.24) is 10.3 Å². The minimum Gasteiger partial charge on any atom is -0.504 e. The Kier molecular flexibility index (Phi) is 4.98. The van der Waals surface area contributed by atoms with Crippen LogP contribution in [0.25, 0.3) is 0 Å². The van der Waals surface area contributed by atoms with Crippen LogP contribution < -0.4 is 10.1 Å². The van der Waals surface area contributed by atoms with Gasteiger partial charge in [0.2, 0.25) is 0 Å². The van der Waals surface area contributed by atoms with Gasteiger partial charge in [-0.05, 0) is 38.5 Å². The van der Waals surface area contributed by atoms with E-state index in [0.717, 1.165) is 10.6 Å². The molecule has 1 unspecified atom stereocenters. The Hall–Kier alpha value is -1.59. The van der Waals surface area contributed by atoms with E-state index in [4.69, 9.17) is 4.74 Å². The van der Waals surface area contributed by atoms with Crippen molar-refractivity contribution in [2.24, 2.45) is 0 Å². The number of nitrogens with zero attached hydrogens (tertiary/aromatic N) is 1. The fourth-order valence-corrected chi connectivity index (χ4v) is 2.67. The van der Waals surface area contributed by atoms with E-state index in [1.54, 1.807) is 17.4 Å². The van der Waals surface area contributed by atoms with Crippen LogP contribution in [0.5, 0.6) is 11.5 Å². The standard InChI is InChI=1S/C15H20N2O2S/c1-4-19-14-7-12(5-6-13(14)18)9-16-11(3)15-17-8-10(2)20-15/h5-8,11,16,18H,4,9H2,1-3H3. The Morgan fingerprint density at radius 2 is 2.25 bits per heavy atom. The minimum atomic E-state index is 0.180. The fraction of sp³-hybridized carbons (Fsp3) is 0.400. The van der Waals surface area contributed by atoms with E-state index in [9.17, 15) is 5.11 Å². The summed E-state index contributed by atoms with van der Waals surface area (Å²) in [5, 5.41) is 14.2. The molecule has 0 amide bonds. The number of aromatic hydroxyl groups is 1. The molecule has 5 heteroatoms. The zero-order chi connectivity index (χ0) is 14.5. The molecular formula is C15H20N2O2S. The number of hydrogen-bond donors (Lipinski definition) is 2. The molecule has 0 saturated heterocycles. The van der Waals surface area contributed by atoms with Gasteiger partial charge in [0.05, 0.1) is 12.6 Å². The van der Waals surface area contributed by atoms with Gasteiger partial charge in [0, 0.05) is 17.6 Å². The van der Waals surface area contributed by atoms with Gasteiger partial charge < -0.3 is 15.2 Å². The molecule has 2 rings (SSSR count). The van der Waals surface area contributed by atoms with Crippen LogP contribution in [0, 0.1) is 6.92 Å². The SMILES string of the molecule is CCOc1cc(CNC(C)c2ncc(C)s2)ccc1O. The number of aryl methyl sites for hydroxylation is 1. The summed E-state index contributed by atoms with van der Waals surface area (Å²) in [6.07, 6.45) is 1.89. The number of hydrogen-bond acceptors (Lipinski definition) is 5. The van der Waals surface area contributed by atoms with Crippen LogP contribution >= 0.6 is 11.3 Å². The van der Waals surface area contributed by atoms with Crippen molar-refractivity contribution in [1.29, 1.82) is 0 Å². The van der Waals surface area contributed by atoms with Crippen molar-refractivity contribution < 1.29 is 9.84 Å². The summed E-state index contributed by atoms with van der Waals surface area (Å²) in [5.41, 5.74) is 1.08. The maximum absolute atomic E-state index is 9.67. The Labute approximate surface area is 123 Å². The molecular weight excluding hydrogens is 272 g/mol. The van der Waals surface area contributed by atoms with E-state index in [1.165, 1.54) is 4.88 Å². The molecule has 20 heavy (non-hydrogen) atoms. The Morgan fingerprint density at radius 1 is 1.45 bits per heavy atom. The van der Waals surface area contributed by atoms with Crippen LogP contribution in [0.2, 0.25) is 0 Å². The number of phenols is 1. The molecule has 2 aromatic rings. The third-order valence-electron chi connectivity index (χ3n) is 2.95. The van der Waals surface area contributed by atoms with Crippen LogP contribution in [0.3, 0.4) is 0 Å². The van der Waals surface area contributed by atoms with Gasteiger partial charge in [-0.3, -0.25) is 0 Å². The highest BCUT2D eigenvalue weighted by atomic mass is 32.1. The third-order valence-corrected chi connectivity index (χ3v) is 4.04. The highest BCUT2D eigenvalue weighted by Gasteiger charge is 2.09. The molecule has 108 valence electrons. The fourth-order valence-electron chi connectivity index (χ4n) is 1.87. The van der Waals surface area contributed by atoms with E-state index in [0.29, 0.717) is 18.9 Å². The van der Waals surface area contributed by atoms with Gasteiger partial charge in [-0.15, -0.1) is 11.3 Å². The molecule has 1 heterocycles. The summed E-state index contributed by atoms with van der Waals surface area (Å²) in [4.78, 5) is 5.60. The van der Waals surface area contributed by atoms with E-state index in [-0.39, 0.29) is 11.8 Å². The number of rotatable bonds is 6. The third kappa shape index (κ3) is 3.71. The zero-order valence-corrected chi connectivity index (χ0v) is 12.8. The number of benzene rings is 1. The molecule has 0 fully saturated rings. The van der Waals surface area contributed by atoms with Crippen molar-refractivity contribution >= 4 is 11.3 Å². The lowest BCUT2D eigenvalue weighted by Gasteiger charge is -2.12. The van der Waals surface area contributed by atoms with Gasteiger partial charge in [-0.25, -0.2) is 4.98 Å².